The molecule has 1 heterocycles. The van der Waals surface area contributed by atoms with Gasteiger partial charge in [0.25, 0.3) is 0 Å². The van der Waals surface area contributed by atoms with Crippen molar-refractivity contribution >= 4 is 22.9 Å². The summed E-state index contributed by atoms with van der Waals surface area (Å²) in [6.07, 6.45) is 1.82. The first kappa shape index (κ1) is 11.4. The molecule has 0 N–H and O–H groups in total. The van der Waals surface area contributed by atoms with Crippen LogP contribution >= 0.6 is 22.9 Å². The van der Waals surface area contributed by atoms with Gasteiger partial charge in [-0.1, -0.05) is 12.1 Å². The number of para-hydroxylation sites is 1. The lowest BCUT2D eigenvalue weighted by Crippen LogP contribution is -1.93. The van der Waals surface area contributed by atoms with E-state index in [0.29, 0.717) is 12.5 Å². The third kappa shape index (κ3) is 2.36. The Labute approximate surface area is 104 Å². The second kappa shape index (κ2) is 5.32. The Balaban J connectivity index is 2.38. The highest BCUT2D eigenvalue weighted by Crippen LogP contribution is 2.33. The van der Waals surface area contributed by atoms with E-state index in [1.807, 2.05) is 37.4 Å². The fraction of sp³-hybridized carbons (Fsp3) is 0.250. The van der Waals surface area contributed by atoms with E-state index >= 15 is 0 Å². The molecule has 0 saturated heterocycles. The maximum atomic E-state index is 5.77. The maximum Gasteiger partial charge on any atom is 0.129 e. The summed E-state index contributed by atoms with van der Waals surface area (Å²) in [5, 5.41) is 0.958. The van der Waals surface area contributed by atoms with Crippen LogP contribution < -0.4 is 4.74 Å². The van der Waals surface area contributed by atoms with Gasteiger partial charge in [-0.2, -0.15) is 0 Å². The van der Waals surface area contributed by atoms with Gasteiger partial charge in [0.2, 0.25) is 0 Å². The van der Waals surface area contributed by atoms with Crippen LogP contribution in [-0.4, -0.2) is 11.6 Å². The second-order valence-corrected chi connectivity index (χ2v) is 4.58. The minimum Gasteiger partial charge on any atom is -0.493 e. The molecule has 16 heavy (non-hydrogen) atoms. The standard InChI is InChI=1S/C12H12ClNOS/c1-2-15-11-6-4-3-5-10(11)12-14-8-9(7-13)16-12/h3-6,8H,2,7H2,1H3. The minimum absolute atomic E-state index is 0.508. The molecular formula is C12H12ClNOS. The van der Waals surface area contributed by atoms with Crippen molar-refractivity contribution in [1.29, 1.82) is 0 Å². The summed E-state index contributed by atoms with van der Waals surface area (Å²) in [4.78, 5) is 5.43. The Hall–Kier alpha value is -1.06. The van der Waals surface area contributed by atoms with Gasteiger partial charge in [-0.3, -0.25) is 0 Å². The molecule has 1 aromatic heterocycles. The van der Waals surface area contributed by atoms with Crippen LogP contribution in [0.2, 0.25) is 0 Å². The number of nitrogens with zero attached hydrogens (tertiary/aromatic N) is 1. The van der Waals surface area contributed by atoms with E-state index < -0.39 is 0 Å². The molecule has 0 saturated carbocycles. The highest BCUT2D eigenvalue weighted by Gasteiger charge is 2.09. The molecule has 0 radical (unpaired) electrons. The lowest BCUT2D eigenvalue weighted by Gasteiger charge is -2.06. The summed E-state index contributed by atoms with van der Waals surface area (Å²) >= 11 is 7.37. The van der Waals surface area contributed by atoms with Crippen molar-refractivity contribution in [2.45, 2.75) is 12.8 Å². The molecule has 1 aromatic carbocycles. The summed E-state index contributed by atoms with van der Waals surface area (Å²) in [6.45, 7) is 2.63. The van der Waals surface area contributed by atoms with E-state index in [0.717, 1.165) is 21.2 Å². The van der Waals surface area contributed by atoms with Gasteiger partial charge in [-0.05, 0) is 19.1 Å². The molecule has 4 heteroatoms. The third-order valence-corrected chi connectivity index (χ3v) is 3.58. The maximum absolute atomic E-state index is 5.77. The Morgan fingerprint density at radius 3 is 2.88 bits per heavy atom. The average Bonchev–Trinajstić information content (AvgIpc) is 2.79. The molecular weight excluding hydrogens is 242 g/mol. The quantitative estimate of drug-likeness (QED) is 0.770. The first-order valence-corrected chi connectivity index (χ1v) is 6.43. The van der Waals surface area contributed by atoms with Crippen LogP contribution in [0.25, 0.3) is 10.6 Å². The van der Waals surface area contributed by atoms with Gasteiger partial charge in [-0.25, -0.2) is 4.98 Å². The Bertz CT molecular complexity index is 470. The predicted octanol–water partition coefficient (Wildman–Crippen LogP) is 3.95. The van der Waals surface area contributed by atoms with Crippen LogP contribution in [0, 0.1) is 0 Å². The highest BCUT2D eigenvalue weighted by molar-refractivity contribution is 7.15. The molecule has 0 spiro atoms. The number of aromatic nitrogens is 1. The SMILES string of the molecule is CCOc1ccccc1-c1ncc(CCl)s1. The smallest absolute Gasteiger partial charge is 0.129 e. The second-order valence-electron chi connectivity index (χ2n) is 3.19. The summed E-state index contributed by atoms with van der Waals surface area (Å²) in [5.74, 6) is 1.38. The van der Waals surface area contributed by atoms with Gasteiger partial charge in [-0.15, -0.1) is 22.9 Å². The highest BCUT2D eigenvalue weighted by atomic mass is 35.5. The van der Waals surface area contributed by atoms with Crippen molar-refractivity contribution in [1.82, 2.24) is 4.98 Å². The summed E-state index contributed by atoms with van der Waals surface area (Å²) < 4.78 is 5.57. The molecule has 0 aliphatic heterocycles. The molecule has 0 fully saturated rings. The summed E-state index contributed by atoms with van der Waals surface area (Å²) in [5.41, 5.74) is 1.03. The lowest BCUT2D eigenvalue weighted by atomic mass is 10.2. The monoisotopic (exact) mass is 253 g/mol. The number of alkyl halides is 1. The van der Waals surface area contributed by atoms with Gasteiger partial charge < -0.3 is 4.74 Å². The Morgan fingerprint density at radius 2 is 2.19 bits per heavy atom. The van der Waals surface area contributed by atoms with E-state index in [9.17, 15) is 0 Å². The number of hydrogen-bond donors (Lipinski definition) is 0. The van der Waals surface area contributed by atoms with Crippen molar-refractivity contribution in [3.05, 3.63) is 35.3 Å². The average molecular weight is 254 g/mol. The van der Waals surface area contributed by atoms with Gasteiger partial charge in [0.1, 0.15) is 10.8 Å². The largest absolute Gasteiger partial charge is 0.493 e. The minimum atomic E-state index is 0.508. The van der Waals surface area contributed by atoms with E-state index in [-0.39, 0.29) is 0 Å². The number of thiazole rings is 1. The number of halogens is 1. The van der Waals surface area contributed by atoms with Crippen LogP contribution in [0.3, 0.4) is 0 Å². The summed E-state index contributed by atoms with van der Waals surface area (Å²) in [6, 6.07) is 7.92. The molecule has 0 aliphatic rings. The van der Waals surface area contributed by atoms with Gasteiger partial charge in [0.05, 0.1) is 18.1 Å². The zero-order valence-corrected chi connectivity index (χ0v) is 10.5. The van der Waals surface area contributed by atoms with Gasteiger partial charge in [0.15, 0.2) is 0 Å². The van der Waals surface area contributed by atoms with Crippen molar-refractivity contribution in [3.63, 3.8) is 0 Å². The topological polar surface area (TPSA) is 22.1 Å². The molecule has 0 amide bonds. The van der Waals surface area contributed by atoms with Crippen LogP contribution in [-0.2, 0) is 5.88 Å². The van der Waals surface area contributed by atoms with Crippen LogP contribution in [0.5, 0.6) is 5.75 Å². The number of hydrogen-bond acceptors (Lipinski definition) is 3. The molecule has 0 bridgehead atoms. The van der Waals surface area contributed by atoms with Crippen molar-refractivity contribution in [3.8, 4) is 16.3 Å². The van der Waals surface area contributed by atoms with Crippen molar-refractivity contribution < 1.29 is 4.74 Å². The molecule has 0 atom stereocenters. The number of benzene rings is 1. The lowest BCUT2D eigenvalue weighted by molar-refractivity contribution is 0.341. The van der Waals surface area contributed by atoms with E-state index in [1.165, 1.54) is 0 Å². The zero-order valence-electron chi connectivity index (χ0n) is 8.94. The first-order chi connectivity index (χ1) is 7.85. The Morgan fingerprint density at radius 1 is 1.38 bits per heavy atom. The van der Waals surface area contributed by atoms with Gasteiger partial charge in [0, 0.05) is 11.1 Å². The van der Waals surface area contributed by atoms with Crippen LogP contribution in [0.1, 0.15) is 11.8 Å². The van der Waals surface area contributed by atoms with Crippen LogP contribution in [0.15, 0.2) is 30.5 Å². The number of rotatable bonds is 4. The fourth-order valence-corrected chi connectivity index (χ4v) is 2.44. The van der Waals surface area contributed by atoms with Crippen molar-refractivity contribution in [2.75, 3.05) is 6.61 Å². The third-order valence-electron chi connectivity index (χ3n) is 2.10. The molecule has 0 unspecified atom stereocenters. The fourth-order valence-electron chi connectivity index (χ4n) is 1.42. The normalized spacial score (nSPS) is 10.4. The van der Waals surface area contributed by atoms with E-state index in [2.05, 4.69) is 4.98 Å². The van der Waals surface area contributed by atoms with E-state index in [4.69, 9.17) is 16.3 Å². The molecule has 2 aromatic rings. The zero-order chi connectivity index (χ0) is 11.4. The predicted molar refractivity (Wildman–Crippen MR) is 68.3 cm³/mol. The van der Waals surface area contributed by atoms with Crippen molar-refractivity contribution in [2.24, 2.45) is 0 Å². The molecule has 2 nitrogen and oxygen atoms in total. The van der Waals surface area contributed by atoms with E-state index in [1.54, 1.807) is 11.3 Å². The molecule has 2 rings (SSSR count). The molecule has 0 aliphatic carbocycles. The number of ether oxygens (including phenoxy) is 1. The van der Waals surface area contributed by atoms with Crippen LogP contribution in [0.4, 0.5) is 0 Å². The molecule has 84 valence electrons. The van der Waals surface area contributed by atoms with Gasteiger partial charge >= 0.3 is 0 Å². The Kier molecular flexibility index (Phi) is 3.80. The summed E-state index contributed by atoms with van der Waals surface area (Å²) in [7, 11) is 0. The first-order valence-electron chi connectivity index (χ1n) is 5.08.